The minimum Gasteiger partial charge on any atom is -0.495 e. The predicted molar refractivity (Wildman–Crippen MR) is 122 cm³/mol. The molecule has 0 heterocycles. The lowest BCUT2D eigenvalue weighted by molar-refractivity contribution is 0.0921. The Balaban J connectivity index is 1.78. The summed E-state index contributed by atoms with van der Waals surface area (Å²) in [5.74, 6) is 0.718. The first-order chi connectivity index (χ1) is 14.8. The second-order valence-corrected chi connectivity index (χ2v) is 10.2. The largest absolute Gasteiger partial charge is 0.495 e. The van der Waals surface area contributed by atoms with E-state index in [1.54, 1.807) is 12.1 Å². The van der Waals surface area contributed by atoms with Crippen molar-refractivity contribution in [1.29, 1.82) is 0 Å². The second-order valence-electron chi connectivity index (χ2n) is 8.21. The van der Waals surface area contributed by atoms with Crippen molar-refractivity contribution in [2.45, 2.75) is 56.5 Å². The van der Waals surface area contributed by atoms with Gasteiger partial charge in [-0.3, -0.25) is 4.79 Å². The first kappa shape index (κ1) is 23.3. The molecule has 6 nitrogen and oxygen atoms in total. The standard InChI is InChI=1S/C24H32N2O4S/c1-4-18-10-13-21(14-11-18)25-24(27)20-12-15-22(30-3)23(16-20)31(28,29)26(2)17-19-8-6-5-7-9-19/h5-9,12,15-16,18,21H,4,10-11,13-14,17H2,1-3H3,(H,25,27). The van der Waals surface area contributed by atoms with Gasteiger partial charge in [0.15, 0.2) is 0 Å². The number of carbonyl (C=O) groups excluding carboxylic acids is 1. The minimum absolute atomic E-state index is 0.00391. The normalized spacial score (nSPS) is 19.2. The molecule has 0 aromatic heterocycles. The first-order valence-corrected chi connectivity index (χ1v) is 12.3. The van der Waals surface area contributed by atoms with Gasteiger partial charge in [-0.05, 0) is 55.4 Å². The molecule has 0 spiro atoms. The molecule has 3 rings (SSSR count). The third kappa shape index (κ3) is 5.66. The van der Waals surface area contributed by atoms with Gasteiger partial charge in [-0.2, -0.15) is 4.31 Å². The molecule has 168 valence electrons. The second kappa shape index (κ2) is 10.3. The van der Waals surface area contributed by atoms with Crippen molar-refractivity contribution in [3.8, 4) is 5.75 Å². The van der Waals surface area contributed by atoms with E-state index in [4.69, 9.17) is 4.74 Å². The van der Waals surface area contributed by atoms with Crippen LogP contribution in [0.1, 0.15) is 54.9 Å². The van der Waals surface area contributed by atoms with Crippen molar-refractivity contribution in [2.24, 2.45) is 5.92 Å². The number of ether oxygens (including phenoxy) is 1. The molecule has 7 heteroatoms. The summed E-state index contributed by atoms with van der Waals surface area (Å²) in [6.07, 6.45) is 5.34. The Morgan fingerprint density at radius 2 is 1.77 bits per heavy atom. The van der Waals surface area contributed by atoms with Gasteiger partial charge in [0.05, 0.1) is 7.11 Å². The van der Waals surface area contributed by atoms with Crippen molar-refractivity contribution in [1.82, 2.24) is 9.62 Å². The molecule has 2 aromatic rings. The van der Waals surface area contributed by atoms with Crippen LogP contribution in [0.2, 0.25) is 0 Å². The van der Waals surface area contributed by atoms with Crippen LogP contribution in [0.3, 0.4) is 0 Å². The van der Waals surface area contributed by atoms with E-state index >= 15 is 0 Å². The van der Waals surface area contributed by atoms with Crippen LogP contribution in [0.5, 0.6) is 5.75 Å². The fourth-order valence-corrected chi connectivity index (χ4v) is 5.43. The Hall–Kier alpha value is -2.38. The van der Waals surface area contributed by atoms with E-state index in [0.29, 0.717) is 5.56 Å². The average molecular weight is 445 g/mol. The fourth-order valence-electron chi connectivity index (χ4n) is 4.10. The minimum atomic E-state index is -3.85. The van der Waals surface area contributed by atoms with E-state index in [-0.39, 0.29) is 29.1 Å². The number of sulfonamides is 1. The Labute approximate surface area is 185 Å². The van der Waals surface area contributed by atoms with E-state index in [0.717, 1.165) is 37.2 Å². The summed E-state index contributed by atoms with van der Waals surface area (Å²) in [5, 5.41) is 3.08. The van der Waals surface area contributed by atoms with Crippen LogP contribution in [0.4, 0.5) is 0 Å². The molecule has 0 atom stereocenters. The highest BCUT2D eigenvalue weighted by atomic mass is 32.2. The van der Waals surface area contributed by atoms with Gasteiger partial charge < -0.3 is 10.1 Å². The monoisotopic (exact) mass is 444 g/mol. The highest BCUT2D eigenvalue weighted by Crippen LogP contribution is 2.29. The molecule has 0 saturated heterocycles. The van der Waals surface area contributed by atoms with E-state index in [1.807, 2.05) is 30.3 Å². The van der Waals surface area contributed by atoms with E-state index in [1.165, 1.54) is 30.9 Å². The van der Waals surface area contributed by atoms with Crippen LogP contribution < -0.4 is 10.1 Å². The van der Waals surface area contributed by atoms with Crippen molar-refractivity contribution in [3.63, 3.8) is 0 Å². The maximum Gasteiger partial charge on any atom is 0.251 e. The van der Waals surface area contributed by atoms with Crippen molar-refractivity contribution >= 4 is 15.9 Å². The maximum absolute atomic E-state index is 13.3. The van der Waals surface area contributed by atoms with Crippen LogP contribution in [0.15, 0.2) is 53.4 Å². The third-order valence-electron chi connectivity index (χ3n) is 6.12. The zero-order valence-electron chi connectivity index (χ0n) is 18.5. The number of amides is 1. The summed E-state index contributed by atoms with van der Waals surface area (Å²) in [6.45, 7) is 2.43. The van der Waals surface area contributed by atoms with Gasteiger partial charge in [0.1, 0.15) is 10.6 Å². The molecule has 1 amide bonds. The van der Waals surface area contributed by atoms with Crippen LogP contribution >= 0.6 is 0 Å². The zero-order valence-corrected chi connectivity index (χ0v) is 19.3. The van der Waals surface area contributed by atoms with E-state index < -0.39 is 10.0 Å². The fraction of sp³-hybridized carbons (Fsp3) is 0.458. The molecule has 0 aliphatic heterocycles. The van der Waals surface area contributed by atoms with Crippen LogP contribution in [0.25, 0.3) is 0 Å². The summed E-state index contributed by atoms with van der Waals surface area (Å²) < 4.78 is 33.1. The molecule has 0 radical (unpaired) electrons. The summed E-state index contributed by atoms with van der Waals surface area (Å²) in [6, 6.07) is 14.1. The highest BCUT2D eigenvalue weighted by molar-refractivity contribution is 7.89. The number of rotatable bonds is 8. The summed E-state index contributed by atoms with van der Waals surface area (Å²) in [4.78, 5) is 12.8. The van der Waals surface area contributed by atoms with E-state index in [2.05, 4.69) is 12.2 Å². The molecule has 1 saturated carbocycles. The molecule has 0 unspecified atom stereocenters. The first-order valence-electron chi connectivity index (χ1n) is 10.8. The SMILES string of the molecule is CCC1CCC(NC(=O)c2ccc(OC)c(S(=O)(=O)N(C)Cc3ccccc3)c2)CC1. The predicted octanol–water partition coefficient (Wildman–Crippen LogP) is 4.21. The Kier molecular flexibility index (Phi) is 7.73. The van der Waals surface area contributed by atoms with Crippen LogP contribution in [0, 0.1) is 5.92 Å². The number of nitrogens with zero attached hydrogens (tertiary/aromatic N) is 1. The maximum atomic E-state index is 13.3. The van der Waals surface area contributed by atoms with Gasteiger partial charge in [0.2, 0.25) is 10.0 Å². The van der Waals surface area contributed by atoms with Crippen LogP contribution in [-0.2, 0) is 16.6 Å². The van der Waals surface area contributed by atoms with Gasteiger partial charge >= 0.3 is 0 Å². The number of benzene rings is 2. The molecule has 0 bridgehead atoms. The topological polar surface area (TPSA) is 75.7 Å². The zero-order chi connectivity index (χ0) is 22.4. The summed E-state index contributed by atoms with van der Waals surface area (Å²) >= 11 is 0. The summed E-state index contributed by atoms with van der Waals surface area (Å²) in [5.41, 5.74) is 1.20. The molecule has 1 aliphatic rings. The van der Waals surface area contributed by atoms with Gasteiger partial charge in [0.25, 0.3) is 5.91 Å². The lowest BCUT2D eigenvalue weighted by Gasteiger charge is -2.28. The van der Waals surface area contributed by atoms with Gasteiger partial charge in [-0.15, -0.1) is 0 Å². The number of nitrogens with one attached hydrogen (secondary N) is 1. The average Bonchev–Trinajstić information content (AvgIpc) is 2.79. The number of methoxy groups -OCH3 is 1. The molecular weight excluding hydrogens is 412 g/mol. The molecule has 1 aliphatic carbocycles. The van der Waals surface area contributed by atoms with E-state index in [9.17, 15) is 13.2 Å². The Bertz CT molecular complexity index is 984. The Morgan fingerprint density at radius 1 is 1.10 bits per heavy atom. The number of carbonyl (C=O) groups is 1. The lowest BCUT2D eigenvalue weighted by Crippen LogP contribution is -2.37. The Morgan fingerprint density at radius 3 is 2.39 bits per heavy atom. The highest BCUT2D eigenvalue weighted by Gasteiger charge is 2.27. The number of hydrogen-bond donors (Lipinski definition) is 1. The van der Waals surface area contributed by atoms with Gasteiger partial charge in [0, 0.05) is 25.2 Å². The molecule has 1 fully saturated rings. The molecule has 1 N–H and O–H groups in total. The molecule has 2 aromatic carbocycles. The van der Waals surface area contributed by atoms with Gasteiger partial charge in [-0.25, -0.2) is 8.42 Å². The lowest BCUT2D eigenvalue weighted by atomic mass is 9.84. The van der Waals surface area contributed by atoms with Crippen molar-refractivity contribution in [2.75, 3.05) is 14.2 Å². The summed E-state index contributed by atoms with van der Waals surface area (Å²) in [7, 11) is -0.895. The van der Waals surface area contributed by atoms with Crippen molar-refractivity contribution < 1.29 is 17.9 Å². The smallest absolute Gasteiger partial charge is 0.251 e. The number of hydrogen-bond acceptors (Lipinski definition) is 4. The molecule has 31 heavy (non-hydrogen) atoms. The third-order valence-corrected chi connectivity index (χ3v) is 7.95. The van der Waals surface area contributed by atoms with Crippen molar-refractivity contribution in [3.05, 3.63) is 59.7 Å². The van der Waals surface area contributed by atoms with Gasteiger partial charge in [-0.1, -0.05) is 43.7 Å². The van der Waals surface area contributed by atoms with Crippen LogP contribution in [-0.4, -0.2) is 38.8 Å². The quantitative estimate of drug-likeness (QED) is 0.662. The molecular formula is C24H32N2O4S.